The molecule has 0 aliphatic heterocycles. The lowest BCUT2D eigenvalue weighted by molar-refractivity contribution is -0.00933. The predicted molar refractivity (Wildman–Crippen MR) is 80.5 cm³/mol. The highest BCUT2D eigenvalue weighted by molar-refractivity contribution is 6.31. The van der Waals surface area contributed by atoms with Gasteiger partial charge >= 0.3 is 0 Å². The van der Waals surface area contributed by atoms with Gasteiger partial charge in [0.2, 0.25) is 0 Å². The third-order valence-electron chi connectivity index (χ3n) is 4.96. The van der Waals surface area contributed by atoms with Crippen molar-refractivity contribution in [3.63, 3.8) is 0 Å². The lowest BCUT2D eigenvalue weighted by Crippen LogP contribution is -2.46. The molecule has 19 heavy (non-hydrogen) atoms. The summed E-state index contributed by atoms with van der Waals surface area (Å²) in [6.07, 6.45) is 3.71. The Hall–Kier alpha value is -0.570. The molecule has 1 aromatic carbocycles. The van der Waals surface area contributed by atoms with Crippen molar-refractivity contribution in [3.05, 3.63) is 34.9 Å². The van der Waals surface area contributed by atoms with Crippen molar-refractivity contribution in [2.45, 2.75) is 51.2 Å². The molecule has 0 spiro atoms. The van der Waals surface area contributed by atoms with Gasteiger partial charge in [-0.3, -0.25) is 0 Å². The molecule has 1 aromatic rings. The fraction of sp³-hybridized carbons (Fsp3) is 0.625. The minimum absolute atomic E-state index is 0.0820. The van der Waals surface area contributed by atoms with Gasteiger partial charge in [0, 0.05) is 10.6 Å². The van der Waals surface area contributed by atoms with Gasteiger partial charge in [0.1, 0.15) is 0 Å². The molecular weight excluding hydrogens is 258 g/mol. The Morgan fingerprint density at radius 1 is 1.16 bits per heavy atom. The number of rotatable bonds is 3. The van der Waals surface area contributed by atoms with Crippen LogP contribution in [-0.2, 0) is 0 Å². The lowest BCUT2D eigenvalue weighted by Gasteiger charge is -2.45. The Kier molecular flexibility index (Phi) is 4.24. The molecule has 1 aliphatic carbocycles. The molecule has 106 valence electrons. The molecule has 3 heteroatoms. The summed E-state index contributed by atoms with van der Waals surface area (Å²) in [5.74, 6) is 0. The zero-order chi connectivity index (χ0) is 14.1. The number of benzene rings is 1. The minimum Gasteiger partial charge on any atom is -0.388 e. The summed E-state index contributed by atoms with van der Waals surface area (Å²) in [4.78, 5) is 0. The van der Waals surface area contributed by atoms with Crippen LogP contribution in [0.4, 0.5) is 0 Å². The van der Waals surface area contributed by atoms with E-state index in [9.17, 15) is 5.11 Å². The summed E-state index contributed by atoms with van der Waals surface area (Å²) in [5, 5.41) is 14.8. The van der Waals surface area contributed by atoms with Gasteiger partial charge in [-0.1, -0.05) is 36.7 Å². The molecule has 0 unspecified atom stereocenters. The van der Waals surface area contributed by atoms with Crippen LogP contribution in [0.2, 0.25) is 5.02 Å². The maximum atomic E-state index is 10.7. The Labute approximate surface area is 121 Å². The minimum atomic E-state index is -0.484. The van der Waals surface area contributed by atoms with Crippen molar-refractivity contribution in [2.75, 3.05) is 7.05 Å². The van der Waals surface area contributed by atoms with Crippen LogP contribution in [-0.4, -0.2) is 17.7 Å². The highest BCUT2D eigenvalue weighted by Crippen LogP contribution is 2.49. The highest BCUT2D eigenvalue weighted by atomic mass is 35.5. The number of hydrogen-bond donors (Lipinski definition) is 2. The van der Waals surface area contributed by atoms with Gasteiger partial charge in [-0.15, -0.1) is 0 Å². The van der Waals surface area contributed by atoms with Gasteiger partial charge in [0.25, 0.3) is 0 Å². The fourth-order valence-corrected chi connectivity index (χ4v) is 3.21. The third kappa shape index (κ3) is 2.96. The molecule has 1 fully saturated rings. The molecular formula is C16H24ClNO. The molecule has 0 heterocycles. The topological polar surface area (TPSA) is 32.3 Å². The van der Waals surface area contributed by atoms with Crippen molar-refractivity contribution in [2.24, 2.45) is 5.41 Å². The number of aliphatic hydroxyl groups excluding tert-OH is 1. The Morgan fingerprint density at radius 2 is 1.74 bits per heavy atom. The maximum absolute atomic E-state index is 10.7. The summed E-state index contributed by atoms with van der Waals surface area (Å²) in [7, 11) is 2.02. The van der Waals surface area contributed by atoms with E-state index < -0.39 is 6.10 Å². The standard InChI is InChI=1S/C16H24ClNO/c1-15(8-10-16(2,18-3)11-9-15)14(19)12-6-4-5-7-13(12)17/h4-7,14,18-19H,8-11H2,1-3H3/t14-,15?,16?/m1/s1. The second-order valence-electron chi connectivity index (χ2n) is 6.39. The third-order valence-corrected chi connectivity index (χ3v) is 5.30. The lowest BCUT2D eigenvalue weighted by atomic mass is 9.65. The first-order chi connectivity index (χ1) is 8.90. The van der Waals surface area contributed by atoms with Crippen molar-refractivity contribution >= 4 is 11.6 Å². The van der Waals surface area contributed by atoms with E-state index in [4.69, 9.17) is 11.6 Å². The van der Waals surface area contributed by atoms with Gasteiger partial charge in [0.15, 0.2) is 0 Å². The van der Waals surface area contributed by atoms with Crippen LogP contribution in [0.1, 0.15) is 51.2 Å². The van der Waals surface area contributed by atoms with Gasteiger partial charge in [-0.05, 0) is 56.7 Å². The number of hydrogen-bond acceptors (Lipinski definition) is 2. The first-order valence-corrected chi connectivity index (χ1v) is 7.39. The zero-order valence-corrected chi connectivity index (χ0v) is 12.8. The normalized spacial score (nSPS) is 33.1. The molecule has 0 amide bonds. The molecule has 1 saturated carbocycles. The van der Waals surface area contributed by atoms with E-state index in [-0.39, 0.29) is 11.0 Å². The van der Waals surface area contributed by atoms with Gasteiger partial charge in [-0.25, -0.2) is 0 Å². The van der Waals surface area contributed by atoms with Gasteiger partial charge in [-0.2, -0.15) is 0 Å². The Morgan fingerprint density at radius 3 is 2.26 bits per heavy atom. The van der Waals surface area contributed by atoms with E-state index in [0.717, 1.165) is 31.2 Å². The first-order valence-electron chi connectivity index (χ1n) is 7.02. The summed E-state index contributed by atoms with van der Waals surface area (Å²) >= 11 is 6.21. The number of halogens is 1. The summed E-state index contributed by atoms with van der Waals surface area (Å²) in [6.45, 7) is 4.44. The summed E-state index contributed by atoms with van der Waals surface area (Å²) in [6, 6.07) is 7.63. The highest BCUT2D eigenvalue weighted by Gasteiger charge is 2.41. The second-order valence-corrected chi connectivity index (χ2v) is 6.80. The smallest absolute Gasteiger partial charge is 0.0857 e. The van der Waals surface area contributed by atoms with Crippen LogP contribution in [0.25, 0.3) is 0 Å². The van der Waals surface area contributed by atoms with E-state index in [1.807, 2.05) is 31.3 Å². The van der Waals surface area contributed by atoms with Crippen molar-refractivity contribution in [1.82, 2.24) is 5.32 Å². The second kappa shape index (κ2) is 5.43. The largest absolute Gasteiger partial charge is 0.388 e. The average Bonchev–Trinajstić information content (AvgIpc) is 2.42. The van der Waals surface area contributed by atoms with Crippen LogP contribution in [0.15, 0.2) is 24.3 Å². The van der Waals surface area contributed by atoms with Crippen LogP contribution in [0, 0.1) is 5.41 Å². The zero-order valence-electron chi connectivity index (χ0n) is 12.0. The molecule has 2 N–H and O–H groups in total. The average molecular weight is 282 g/mol. The predicted octanol–water partition coefficient (Wildman–Crippen LogP) is 3.93. The molecule has 1 atom stereocenters. The molecule has 2 rings (SSSR count). The van der Waals surface area contributed by atoms with Gasteiger partial charge in [0.05, 0.1) is 6.10 Å². The molecule has 0 radical (unpaired) electrons. The van der Waals surface area contributed by atoms with Gasteiger partial charge < -0.3 is 10.4 Å². The van der Waals surface area contributed by atoms with E-state index in [2.05, 4.69) is 19.2 Å². The molecule has 0 saturated heterocycles. The summed E-state index contributed by atoms with van der Waals surface area (Å²) < 4.78 is 0. The molecule has 1 aliphatic rings. The maximum Gasteiger partial charge on any atom is 0.0857 e. The van der Waals surface area contributed by atoms with E-state index in [1.165, 1.54) is 0 Å². The molecule has 2 nitrogen and oxygen atoms in total. The Balaban J connectivity index is 2.16. The SMILES string of the molecule is CNC1(C)CCC(C)([C@H](O)c2ccccc2Cl)CC1. The first kappa shape index (κ1) is 14.8. The van der Waals surface area contributed by atoms with Crippen LogP contribution in [0.3, 0.4) is 0 Å². The monoisotopic (exact) mass is 281 g/mol. The molecule has 0 aromatic heterocycles. The van der Waals surface area contributed by atoms with E-state index >= 15 is 0 Å². The number of nitrogens with one attached hydrogen (secondary N) is 1. The number of aliphatic hydroxyl groups is 1. The van der Waals surface area contributed by atoms with Crippen molar-refractivity contribution in [1.29, 1.82) is 0 Å². The molecule has 0 bridgehead atoms. The van der Waals surface area contributed by atoms with Crippen molar-refractivity contribution in [3.8, 4) is 0 Å². The van der Waals surface area contributed by atoms with Crippen LogP contribution in [0.5, 0.6) is 0 Å². The van der Waals surface area contributed by atoms with E-state index in [0.29, 0.717) is 5.02 Å². The quantitative estimate of drug-likeness (QED) is 0.880. The fourth-order valence-electron chi connectivity index (χ4n) is 2.97. The van der Waals surface area contributed by atoms with Crippen LogP contribution >= 0.6 is 11.6 Å². The van der Waals surface area contributed by atoms with E-state index in [1.54, 1.807) is 0 Å². The Bertz CT molecular complexity index is 438. The summed E-state index contributed by atoms with van der Waals surface area (Å²) in [5.41, 5.74) is 0.987. The van der Waals surface area contributed by atoms with Crippen molar-refractivity contribution < 1.29 is 5.11 Å². The van der Waals surface area contributed by atoms with Crippen LogP contribution < -0.4 is 5.32 Å².